The van der Waals surface area contributed by atoms with E-state index >= 15 is 0 Å². The van der Waals surface area contributed by atoms with Crippen molar-refractivity contribution in [1.29, 1.82) is 0 Å². The van der Waals surface area contributed by atoms with Crippen LogP contribution in [0.15, 0.2) is 0 Å². The molecule has 0 saturated carbocycles. The first-order valence-corrected chi connectivity index (χ1v) is 3.57. The highest BCUT2D eigenvalue weighted by Crippen LogP contribution is 2.12. The van der Waals surface area contributed by atoms with Gasteiger partial charge in [-0.05, 0) is 13.8 Å². The lowest BCUT2D eigenvalue weighted by atomic mass is 9.92. The SMILES string of the molecule is C[C@@H](O)[C@@](C)(O)C(=O)[C@H](O)CO. The molecular weight excluding hydrogens is 164 g/mol. The van der Waals surface area contributed by atoms with Gasteiger partial charge in [-0.15, -0.1) is 0 Å². The molecule has 0 aromatic heterocycles. The minimum atomic E-state index is -2.01. The van der Waals surface area contributed by atoms with Gasteiger partial charge in [-0.3, -0.25) is 4.79 Å². The normalized spacial score (nSPS) is 21.2. The number of hydrogen-bond donors (Lipinski definition) is 4. The number of Topliss-reactive ketones (excluding diaryl/α,β-unsaturated/α-hetero) is 1. The van der Waals surface area contributed by atoms with Crippen LogP contribution in [-0.2, 0) is 4.79 Å². The molecule has 0 rings (SSSR count). The van der Waals surface area contributed by atoms with Crippen molar-refractivity contribution in [1.82, 2.24) is 0 Å². The molecule has 5 nitrogen and oxygen atoms in total. The minimum Gasteiger partial charge on any atom is -0.393 e. The summed E-state index contributed by atoms with van der Waals surface area (Å²) in [7, 11) is 0. The fourth-order valence-electron chi connectivity index (χ4n) is 0.626. The molecule has 0 fully saturated rings. The monoisotopic (exact) mass is 178 g/mol. The van der Waals surface area contributed by atoms with Crippen molar-refractivity contribution in [2.75, 3.05) is 6.61 Å². The van der Waals surface area contributed by atoms with Crippen LogP contribution < -0.4 is 0 Å². The molecule has 3 atom stereocenters. The molecule has 0 unspecified atom stereocenters. The van der Waals surface area contributed by atoms with Gasteiger partial charge in [0.2, 0.25) is 0 Å². The summed E-state index contributed by atoms with van der Waals surface area (Å²) in [6.07, 6.45) is -2.93. The number of carbonyl (C=O) groups is 1. The average Bonchev–Trinajstić information content (AvgIpc) is 2.01. The van der Waals surface area contributed by atoms with Crippen molar-refractivity contribution < 1.29 is 25.2 Å². The lowest BCUT2D eigenvalue weighted by Gasteiger charge is -2.26. The second-order valence-corrected chi connectivity index (χ2v) is 2.89. The summed E-state index contributed by atoms with van der Waals surface area (Å²) in [5.41, 5.74) is -2.01. The highest BCUT2D eigenvalue weighted by atomic mass is 16.4. The maximum atomic E-state index is 11.0. The van der Waals surface area contributed by atoms with E-state index in [1.807, 2.05) is 0 Å². The first-order chi connectivity index (χ1) is 5.34. The quantitative estimate of drug-likeness (QED) is 0.401. The third-order valence-electron chi connectivity index (χ3n) is 1.79. The van der Waals surface area contributed by atoms with Crippen molar-refractivity contribution in [3.05, 3.63) is 0 Å². The van der Waals surface area contributed by atoms with Crippen LogP contribution in [-0.4, -0.2) is 50.6 Å². The number of aliphatic hydroxyl groups is 4. The Hall–Kier alpha value is -0.490. The number of aliphatic hydroxyl groups excluding tert-OH is 3. The van der Waals surface area contributed by atoms with E-state index in [4.69, 9.17) is 15.3 Å². The Morgan fingerprint density at radius 1 is 1.50 bits per heavy atom. The molecule has 0 bridgehead atoms. The van der Waals surface area contributed by atoms with Crippen LogP contribution in [0.25, 0.3) is 0 Å². The maximum Gasteiger partial charge on any atom is 0.197 e. The van der Waals surface area contributed by atoms with Gasteiger partial charge < -0.3 is 20.4 Å². The first kappa shape index (κ1) is 11.5. The highest BCUT2D eigenvalue weighted by Gasteiger charge is 2.38. The van der Waals surface area contributed by atoms with Crippen LogP contribution >= 0.6 is 0 Å². The second kappa shape index (κ2) is 3.95. The highest BCUT2D eigenvalue weighted by molar-refractivity contribution is 5.91. The summed E-state index contributed by atoms with van der Waals surface area (Å²) in [6.45, 7) is 1.54. The van der Waals surface area contributed by atoms with E-state index in [9.17, 15) is 9.90 Å². The Morgan fingerprint density at radius 2 is 1.92 bits per heavy atom. The smallest absolute Gasteiger partial charge is 0.197 e. The van der Waals surface area contributed by atoms with Crippen LogP contribution in [0.4, 0.5) is 0 Å². The summed E-state index contributed by atoms with van der Waals surface area (Å²) in [6, 6.07) is 0. The molecule has 0 aliphatic carbocycles. The Balaban J connectivity index is 4.46. The van der Waals surface area contributed by atoms with Gasteiger partial charge in [-0.25, -0.2) is 0 Å². The van der Waals surface area contributed by atoms with Crippen LogP contribution in [0.2, 0.25) is 0 Å². The molecule has 0 aromatic carbocycles. The lowest BCUT2D eigenvalue weighted by Crippen LogP contribution is -2.51. The predicted molar refractivity (Wildman–Crippen MR) is 40.4 cm³/mol. The van der Waals surface area contributed by atoms with Crippen molar-refractivity contribution in [3.63, 3.8) is 0 Å². The van der Waals surface area contributed by atoms with Gasteiger partial charge in [0.05, 0.1) is 12.7 Å². The van der Waals surface area contributed by atoms with Gasteiger partial charge in [0, 0.05) is 0 Å². The number of hydrogen-bond acceptors (Lipinski definition) is 5. The van der Waals surface area contributed by atoms with E-state index in [0.29, 0.717) is 0 Å². The van der Waals surface area contributed by atoms with Crippen LogP contribution in [0.5, 0.6) is 0 Å². The number of carbonyl (C=O) groups excluding carboxylic acids is 1. The minimum absolute atomic E-state index is 0.762. The Labute approximate surface area is 70.3 Å². The molecule has 0 saturated heterocycles. The van der Waals surface area contributed by atoms with Crippen molar-refractivity contribution >= 4 is 5.78 Å². The summed E-state index contributed by atoms with van der Waals surface area (Å²) in [5, 5.41) is 35.4. The predicted octanol–water partition coefficient (Wildman–Crippen LogP) is -1.96. The number of rotatable bonds is 4. The van der Waals surface area contributed by atoms with Crippen LogP contribution in [0, 0.1) is 0 Å². The van der Waals surface area contributed by atoms with E-state index in [1.54, 1.807) is 0 Å². The van der Waals surface area contributed by atoms with Gasteiger partial charge >= 0.3 is 0 Å². The van der Waals surface area contributed by atoms with E-state index in [2.05, 4.69) is 0 Å². The second-order valence-electron chi connectivity index (χ2n) is 2.89. The Morgan fingerprint density at radius 3 is 2.17 bits per heavy atom. The molecule has 0 radical (unpaired) electrons. The molecule has 12 heavy (non-hydrogen) atoms. The first-order valence-electron chi connectivity index (χ1n) is 3.57. The zero-order valence-electron chi connectivity index (χ0n) is 7.06. The van der Waals surface area contributed by atoms with Gasteiger partial charge in [0.1, 0.15) is 11.7 Å². The summed E-state index contributed by atoms with van der Waals surface area (Å²) in [5.74, 6) is -0.986. The largest absolute Gasteiger partial charge is 0.393 e. The van der Waals surface area contributed by atoms with Crippen LogP contribution in [0.3, 0.4) is 0 Å². The fourth-order valence-corrected chi connectivity index (χ4v) is 0.626. The van der Waals surface area contributed by atoms with Gasteiger partial charge in [0.15, 0.2) is 5.78 Å². The lowest BCUT2D eigenvalue weighted by molar-refractivity contribution is -0.156. The third kappa shape index (κ3) is 2.25. The molecule has 0 spiro atoms. The van der Waals surface area contributed by atoms with E-state index in [0.717, 1.165) is 6.92 Å². The average molecular weight is 178 g/mol. The molecule has 72 valence electrons. The zero-order chi connectivity index (χ0) is 9.94. The molecule has 0 aliphatic rings. The topological polar surface area (TPSA) is 98.0 Å². The van der Waals surface area contributed by atoms with Crippen molar-refractivity contribution in [2.45, 2.75) is 31.7 Å². The molecule has 4 N–H and O–H groups in total. The molecule has 5 heteroatoms. The van der Waals surface area contributed by atoms with Crippen molar-refractivity contribution in [3.8, 4) is 0 Å². The molecule has 0 amide bonds. The molecule has 0 aliphatic heterocycles. The fraction of sp³-hybridized carbons (Fsp3) is 0.857. The van der Waals surface area contributed by atoms with E-state index < -0.39 is 30.2 Å². The standard InChI is InChI=1S/C7H14O5/c1-4(9)7(2,12)6(11)5(10)3-8/h4-5,8-10,12H,3H2,1-2H3/t4-,5-,7-/m1/s1. The zero-order valence-corrected chi connectivity index (χ0v) is 7.06. The Kier molecular flexibility index (Phi) is 3.79. The van der Waals surface area contributed by atoms with Gasteiger partial charge in [0.25, 0.3) is 0 Å². The van der Waals surface area contributed by atoms with E-state index in [-0.39, 0.29) is 0 Å². The summed E-state index contributed by atoms with van der Waals surface area (Å²) < 4.78 is 0. The van der Waals surface area contributed by atoms with Gasteiger partial charge in [-0.2, -0.15) is 0 Å². The van der Waals surface area contributed by atoms with Crippen molar-refractivity contribution in [2.24, 2.45) is 0 Å². The molecular formula is C7H14O5. The van der Waals surface area contributed by atoms with Gasteiger partial charge in [-0.1, -0.05) is 0 Å². The van der Waals surface area contributed by atoms with Crippen LogP contribution in [0.1, 0.15) is 13.8 Å². The Bertz CT molecular complexity index is 163. The number of ketones is 1. The molecule has 0 aromatic rings. The summed E-state index contributed by atoms with van der Waals surface area (Å²) >= 11 is 0. The summed E-state index contributed by atoms with van der Waals surface area (Å²) in [4.78, 5) is 11.0. The van der Waals surface area contributed by atoms with E-state index in [1.165, 1.54) is 6.92 Å². The third-order valence-corrected chi connectivity index (χ3v) is 1.79. The maximum absolute atomic E-state index is 11.0. The molecule has 0 heterocycles.